The second kappa shape index (κ2) is 9.25. The zero-order valence-electron chi connectivity index (χ0n) is 21.8. The van der Waals surface area contributed by atoms with E-state index >= 15 is 0 Å². The molecule has 0 radical (unpaired) electrons. The van der Waals surface area contributed by atoms with Gasteiger partial charge in [-0.2, -0.15) is 5.10 Å². The van der Waals surface area contributed by atoms with E-state index in [9.17, 15) is 9.50 Å². The Bertz CT molecular complexity index is 1380. The van der Waals surface area contributed by atoms with E-state index in [1.54, 1.807) is 32.2 Å². The van der Waals surface area contributed by atoms with Gasteiger partial charge in [-0.25, -0.2) is 14.1 Å². The molecule has 5 rings (SSSR count). The molecule has 0 bridgehead atoms. The maximum absolute atomic E-state index is 13.8. The lowest BCUT2D eigenvalue weighted by Crippen LogP contribution is -2.22. The highest BCUT2D eigenvalue weighted by Crippen LogP contribution is 2.48. The molecule has 4 aromatic rings. The molecule has 1 N–H and O–H groups in total. The largest absolute Gasteiger partial charge is 0.384 e. The minimum atomic E-state index is -1.19. The lowest BCUT2D eigenvalue weighted by atomic mass is 9.98. The summed E-state index contributed by atoms with van der Waals surface area (Å²) in [5.74, 6) is 0.140. The minimum absolute atomic E-state index is 0.272. The third-order valence-corrected chi connectivity index (χ3v) is 8.41. The summed E-state index contributed by atoms with van der Waals surface area (Å²) in [6.45, 7) is 11.7. The number of rotatable bonds is 9. The maximum Gasteiger partial charge on any atom is 0.139 e. The highest BCUT2D eigenvalue weighted by Gasteiger charge is 2.34. The van der Waals surface area contributed by atoms with Gasteiger partial charge in [-0.05, 0) is 69.1 Å². The molecule has 1 aliphatic rings. The number of imidazole rings is 1. The molecule has 36 heavy (non-hydrogen) atoms. The van der Waals surface area contributed by atoms with E-state index in [0.29, 0.717) is 12.6 Å². The maximum atomic E-state index is 13.8. The van der Waals surface area contributed by atoms with Crippen LogP contribution in [0.25, 0.3) is 28.0 Å². The van der Waals surface area contributed by atoms with Gasteiger partial charge in [0.2, 0.25) is 0 Å². The minimum Gasteiger partial charge on any atom is -0.384 e. The average Bonchev–Trinajstić information content (AvgIpc) is 3.42. The molecule has 0 unspecified atom stereocenters. The average molecular weight is 507 g/mol. The predicted octanol–water partition coefficient (Wildman–Crippen LogP) is 6.42. The van der Waals surface area contributed by atoms with Crippen molar-refractivity contribution in [1.82, 2.24) is 19.2 Å². The van der Waals surface area contributed by atoms with Crippen LogP contribution in [0.15, 0.2) is 48.8 Å². The molecule has 6 nitrogen and oxygen atoms in total. The first-order valence-corrected chi connectivity index (χ1v) is 16.4. The van der Waals surface area contributed by atoms with Crippen LogP contribution in [0.3, 0.4) is 0 Å². The second-order valence-electron chi connectivity index (χ2n) is 11.6. The number of ether oxygens (including phenoxy) is 1. The molecule has 0 atom stereocenters. The van der Waals surface area contributed by atoms with Gasteiger partial charge in [0, 0.05) is 43.5 Å². The molecular formula is C28H35FN4O2Si. The first kappa shape index (κ1) is 24.9. The normalized spacial score (nSPS) is 14.6. The van der Waals surface area contributed by atoms with Crippen molar-refractivity contribution in [2.45, 2.75) is 70.6 Å². The first-order chi connectivity index (χ1) is 17.0. The van der Waals surface area contributed by atoms with E-state index in [0.717, 1.165) is 64.9 Å². The summed E-state index contributed by atoms with van der Waals surface area (Å²) in [5, 5.41) is 15.7. The fourth-order valence-electron chi connectivity index (χ4n) is 4.55. The van der Waals surface area contributed by atoms with Gasteiger partial charge in [0.1, 0.15) is 29.5 Å². The van der Waals surface area contributed by atoms with Crippen LogP contribution in [0.5, 0.6) is 0 Å². The van der Waals surface area contributed by atoms with Gasteiger partial charge in [0.05, 0.1) is 17.6 Å². The Morgan fingerprint density at radius 2 is 1.78 bits per heavy atom. The number of fused-ring (bicyclic) bond motifs is 1. The molecule has 0 amide bonds. The molecule has 1 fully saturated rings. The van der Waals surface area contributed by atoms with Crippen LogP contribution in [0.1, 0.15) is 44.0 Å². The van der Waals surface area contributed by atoms with Gasteiger partial charge < -0.3 is 14.2 Å². The molecule has 0 spiro atoms. The number of benzene rings is 1. The number of pyridine rings is 1. The highest BCUT2D eigenvalue weighted by molar-refractivity contribution is 6.76. The fourth-order valence-corrected chi connectivity index (χ4v) is 5.31. The van der Waals surface area contributed by atoms with Crippen LogP contribution in [-0.2, 0) is 17.1 Å². The van der Waals surface area contributed by atoms with Crippen LogP contribution < -0.4 is 0 Å². The SMILES string of the molecule is CC(C)(O)c1cnc2ccc(-c3c(-c4ccc(F)cc4)nn(COCC[Si](C)(C)C)c3C3CC3)cn12. The monoisotopic (exact) mass is 506 g/mol. The molecular weight excluding hydrogens is 471 g/mol. The zero-order valence-corrected chi connectivity index (χ0v) is 22.8. The summed E-state index contributed by atoms with van der Waals surface area (Å²) in [6, 6.07) is 11.6. The van der Waals surface area contributed by atoms with Gasteiger partial charge in [0.15, 0.2) is 0 Å². The molecule has 8 heteroatoms. The number of hydrogen-bond donors (Lipinski definition) is 1. The van der Waals surface area contributed by atoms with Crippen LogP contribution >= 0.6 is 0 Å². The number of halogens is 1. The van der Waals surface area contributed by atoms with Crippen molar-refractivity contribution in [3.63, 3.8) is 0 Å². The zero-order chi connectivity index (χ0) is 25.7. The Labute approximate surface area is 212 Å². The van der Waals surface area contributed by atoms with Crippen LogP contribution in [0.4, 0.5) is 4.39 Å². The number of aromatic nitrogens is 4. The summed E-state index contributed by atoms with van der Waals surface area (Å²) < 4.78 is 23.8. The summed E-state index contributed by atoms with van der Waals surface area (Å²) in [6.07, 6.45) is 5.97. The van der Waals surface area contributed by atoms with Crippen molar-refractivity contribution in [3.05, 3.63) is 66.0 Å². The van der Waals surface area contributed by atoms with Crippen molar-refractivity contribution < 1.29 is 14.2 Å². The van der Waals surface area contributed by atoms with E-state index in [1.165, 1.54) is 12.1 Å². The molecule has 1 aromatic carbocycles. The van der Waals surface area contributed by atoms with Crippen LogP contribution in [0, 0.1) is 5.82 Å². The third-order valence-electron chi connectivity index (χ3n) is 6.70. The van der Waals surface area contributed by atoms with Gasteiger partial charge in [0.25, 0.3) is 0 Å². The number of nitrogens with zero attached hydrogens (tertiary/aromatic N) is 4. The van der Waals surface area contributed by atoms with E-state index < -0.39 is 13.7 Å². The standard InChI is InChI=1S/C28H35FN4O2Si/c1-28(2,34)23-16-30-24-13-10-21(17-32(23)24)25-26(19-8-11-22(29)12-9-19)31-33(27(25)20-6-7-20)18-35-14-15-36(3,4)5/h8-13,16-17,20,34H,6-7,14-15,18H2,1-5H3. The van der Waals surface area contributed by atoms with Crippen molar-refractivity contribution in [3.8, 4) is 22.4 Å². The molecule has 3 aromatic heterocycles. The topological polar surface area (TPSA) is 64.6 Å². The predicted molar refractivity (Wildman–Crippen MR) is 143 cm³/mol. The van der Waals surface area contributed by atoms with Crippen LogP contribution in [-0.4, -0.2) is 39.0 Å². The van der Waals surface area contributed by atoms with Crippen molar-refractivity contribution in [2.75, 3.05) is 6.61 Å². The summed E-state index contributed by atoms with van der Waals surface area (Å²) in [4.78, 5) is 4.48. The quantitative estimate of drug-likeness (QED) is 0.210. The summed E-state index contributed by atoms with van der Waals surface area (Å²) in [7, 11) is -1.19. The highest BCUT2D eigenvalue weighted by atomic mass is 28.3. The lowest BCUT2D eigenvalue weighted by Gasteiger charge is -2.17. The fraction of sp³-hybridized carbons (Fsp3) is 0.429. The van der Waals surface area contributed by atoms with Gasteiger partial charge in [-0.3, -0.25) is 0 Å². The summed E-state index contributed by atoms with van der Waals surface area (Å²) in [5.41, 5.74) is 5.32. The van der Waals surface area contributed by atoms with Crippen molar-refractivity contribution >= 4 is 13.7 Å². The Hall–Kier alpha value is -2.81. The van der Waals surface area contributed by atoms with Crippen molar-refractivity contribution in [2.24, 2.45) is 0 Å². The van der Waals surface area contributed by atoms with Crippen LogP contribution in [0.2, 0.25) is 25.7 Å². The Balaban J connectivity index is 1.63. The van der Waals surface area contributed by atoms with Gasteiger partial charge >= 0.3 is 0 Å². The van der Waals surface area contributed by atoms with E-state index in [2.05, 4.69) is 30.7 Å². The van der Waals surface area contributed by atoms with Crippen molar-refractivity contribution in [1.29, 1.82) is 0 Å². The van der Waals surface area contributed by atoms with E-state index in [-0.39, 0.29) is 5.82 Å². The Kier molecular flexibility index (Phi) is 6.39. The Morgan fingerprint density at radius 1 is 1.08 bits per heavy atom. The molecule has 0 aliphatic heterocycles. The Morgan fingerprint density at radius 3 is 2.42 bits per heavy atom. The molecule has 190 valence electrons. The first-order valence-electron chi connectivity index (χ1n) is 12.7. The van der Waals surface area contributed by atoms with Gasteiger partial charge in [-0.1, -0.05) is 19.6 Å². The molecule has 1 aliphatic carbocycles. The van der Waals surface area contributed by atoms with E-state index in [4.69, 9.17) is 9.84 Å². The smallest absolute Gasteiger partial charge is 0.139 e. The summed E-state index contributed by atoms with van der Waals surface area (Å²) >= 11 is 0. The van der Waals surface area contributed by atoms with E-state index in [1.807, 2.05) is 21.3 Å². The number of aliphatic hydroxyl groups is 1. The lowest BCUT2D eigenvalue weighted by molar-refractivity contribution is 0.0730. The van der Waals surface area contributed by atoms with Gasteiger partial charge in [-0.15, -0.1) is 0 Å². The molecule has 0 saturated heterocycles. The number of hydrogen-bond acceptors (Lipinski definition) is 4. The molecule has 1 saturated carbocycles. The third kappa shape index (κ3) is 5.16. The molecule has 3 heterocycles. The second-order valence-corrected chi connectivity index (χ2v) is 17.2.